The van der Waals surface area contributed by atoms with Gasteiger partial charge in [-0.25, -0.2) is 0 Å². The molecule has 5 heteroatoms. The minimum atomic E-state index is 0.428. The zero-order valence-electron chi connectivity index (χ0n) is 10.2. The zero-order chi connectivity index (χ0) is 12.7. The molecular formula is C12H16N2O3. The summed E-state index contributed by atoms with van der Waals surface area (Å²) in [6.45, 7) is 0.558. The van der Waals surface area contributed by atoms with Crippen molar-refractivity contribution in [3.8, 4) is 23.3 Å². The first-order valence-electron chi connectivity index (χ1n) is 5.17. The summed E-state index contributed by atoms with van der Waals surface area (Å²) < 4.78 is 15.6. The Labute approximate surface area is 101 Å². The molecule has 0 aliphatic heterocycles. The molecule has 0 saturated heterocycles. The van der Waals surface area contributed by atoms with Crippen LogP contribution >= 0.6 is 0 Å². The molecule has 0 atom stereocenters. The van der Waals surface area contributed by atoms with E-state index in [0.717, 1.165) is 5.69 Å². The van der Waals surface area contributed by atoms with E-state index in [1.165, 1.54) is 0 Å². The molecule has 0 fully saturated rings. The Kier molecular flexibility index (Phi) is 4.95. The molecule has 17 heavy (non-hydrogen) atoms. The van der Waals surface area contributed by atoms with Crippen molar-refractivity contribution in [1.82, 2.24) is 0 Å². The van der Waals surface area contributed by atoms with Crippen molar-refractivity contribution < 1.29 is 14.2 Å². The van der Waals surface area contributed by atoms with E-state index in [9.17, 15) is 0 Å². The van der Waals surface area contributed by atoms with Crippen LogP contribution in [0.5, 0.6) is 17.2 Å². The van der Waals surface area contributed by atoms with E-state index < -0.39 is 0 Å². The van der Waals surface area contributed by atoms with Gasteiger partial charge in [-0.05, 0) is 0 Å². The highest BCUT2D eigenvalue weighted by Gasteiger charge is 2.11. The lowest BCUT2D eigenvalue weighted by atomic mass is 10.2. The molecule has 1 rings (SSSR count). The molecule has 92 valence electrons. The Morgan fingerprint density at radius 1 is 1.06 bits per heavy atom. The predicted molar refractivity (Wildman–Crippen MR) is 64.8 cm³/mol. The van der Waals surface area contributed by atoms with E-state index in [4.69, 9.17) is 19.5 Å². The Hall–Kier alpha value is -2.09. The van der Waals surface area contributed by atoms with Crippen LogP contribution in [0.3, 0.4) is 0 Å². The summed E-state index contributed by atoms with van der Waals surface area (Å²) in [6, 6.07) is 5.60. The van der Waals surface area contributed by atoms with Gasteiger partial charge in [0, 0.05) is 18.7 Å². The fraction of sp³-hybridized carbons (Fsp3) is 0.417. The lowest BCUT2D eigenvalue weighted by Gasteiger charge is -2.14. The summed E-state index contributed by atoms with van der Waals surface area (Å²) in [4.78, 5) is 0. The molecule has 5 nitrogen and oxygen atoms in total. The van der Waals surface area contributed by atoms with Crippen molar-refractivity contribution in [3.63, 3.8) is 0 Å². The topological polar surface area (TPSA) is 63.5 Å². The molecule has 0 unspecified atom stereocenters. The van der Waals surface area contributed by atoms with Crippen LogP contribution in [-0.4, -0.2) is 27.9 Å². The number of nitrogens with zero attached hydrogens (tertiary/aromatic N) is 1. The third-order valence-corrected chi connectivity index (χ3v) is 2.26. The molecule has 0 aliphatic carbocycles. The second-order valence-corrected chi connectivity index (χ2v) is 3.24. The maximum absolute atomic E-state index is 8.49. The van der Waals surface area contributed by atoms with Gasteiger partial charge in [0.1, 0.15) is 5.75 Å². The maximum Gasteiger partial charge on any atom is 0.164 e. The van der Waals surface area contributed by atoms with Crippen LogP contribution in [0.1, 0.15) is 6.42 Å². The van der Waals surface area contributed by atoms with Gasteiger partial charge < -0.3 is 19.5 Å². The van der Waals surface area contributed by atoms with Gasteiger partial charge in [0.25, 0.3) is 0 Å². The van der Waals surface area contributed by atoms with E-state index >= 15 is 0 Å². The minimum Gasteiger partial charge on any atom is -0.494 e. The summed E-state index contributed by atoms with van der Waals surface area (Å²) in [5.74, 6) is 1.88. The van der Waals surface area contributed by atoms with Gasteiger partial charge >= 0.3 is 0 Å². The second-order valence-electron chi connectivity index (χ2n) is 3.24. The number of rotatable bonds is 6. The molecule has 0 amide bonds. The SMILES string of the molecule is COc1cc(OC)c(OC)cc1NCCC#N. The van der Waals surface area contributed by atoms with Crippen molar-refractivity contribution >= 4 is 5.69 Å². The van der Waals surface area contributed by atoms with Crippen molar-refractivity contribution in [2.45, 2.75) is 6.42 Å². The maximum atomic E-state index is 8.49. The first kappa shape index (κ1) is 13.0. The average Bonchev–Trinajstić information content (AvgIpc) is 2.38. The van der Waals surface area contributed by atoms with Gasteiger partial charge in [-0.2, -0.15) is 5.26 Å². The van der Waals surface area contributed by atoms with Gasteiger partial charge in [0.2, 0.25) is 0 Å². The highest BCUT2D eigenvalue weighted by Crippen LogP contribution is 2.37. The first-order chi connectivity index (χ1) is 8.26. The molecule has 0 heterocycles. The summed E-state index contributed by atoms with van der Waals surface area (Å²) >= 11 is 0. The molecule has 0 aliphatic rings. The fourth-order valence-electron chi connectivity index (χ4n) is 1.42. The van der Waals surface area contributed by atoms with Crippen LogP contribution in [0.2, 0.25) is 0 Å². The lowest BCUT2D eigenvalue weighted by Crippen LogP contribution is -2.03. The number of methoxy groups -OCH3 is 3. The summed E-state index contributed by atoms with van der Waals surface area (Å²) in [5, 5.41) is 11.6. The number of benzene rings is 1. The van der Waals surface area contributed by atoms with Gasteiger partial charge in [0.15, 0.2) is 11.5 Å². The Bertz CT molecular complexity index is 413. The average molecular weight is 236 g/mol. The molecule has 0 bridgehead atoms. The highest BCUT2D eigenvalue weighted by atomic mass is 16.5. The van der Waals surface area contributed by atoms with E-state index in [-0.39, 0.29) is 0 Å². The Morgan fingerprint density at radius 2 is 1.65 bits per heavy atom. The molecule has 0 spiro atoms. The van der Waals surface area contributed by atoms with Crippen molar-refractivity contribution in [2.75, 3.05) is 33.2 Å². The summed E-state index contributed by atoms with van der Waals surface area (Å²) in [7, 11) is 4.72. The third-order valence-electron chi connectivity index (χ3n) is 2.26. The molecule has 1 aromatic carbocycles. The molecule has 1 N–H and O–H groups in total. The number of hydrogen-bond acceptors (Lipinski definition) is 5. The van der Waals surface area contributed by atoms with Crippen LogP contribution in [0.25, 0.3) is 0 Å². The van der Waals surface area contributed by atoms with Crippen LogP contribution in [0.15, 0.2) is 12.1 Å². The van der Waals surface area contributed by atoms with Crippen LogP contribution in [-0.2, 0) is 0 Å². The molecular weight excluding hydrogens is 220 g/mol. The largest absolute Gasteiger partial charge is 0.494 e. The van der Waals surface area contributed by atoms with E-state index in [1.807, 2.05) is 0 Å². The molecule has 1 aromatic rings. The Balaban J connectivity index is 2.98. The van der Waals surface area contributed by atoms with Gasteiger partial charge in [-0.15, -0.1) is 0 Å². The lowest BCUT2D eigenvalue weighted by molar-refractivity contribution is 0.349. The first-order valence-corrected chi connectivity index (χ1v) is 5.17. The zero-order valence-corrected chi connectivity index (χ0v) is 10.2. The van der Waals surface area contributed by atoms with E-state index in [2.05, 4.69) is 11.4 Å². The van der Waals surface area contributed by atoms with Crippen molar-refractivity contribution in [1.29, 1.82) is 5.26 Å². The fourth-order valence-corrected chi connectivity index (χ4v) is 1.42. The van der Waals surface area contributed by atoms with Crippen LogP contribution in [0, 0.1) is 11.3 Å². The van der Waals surface area contributed by atoms with Gasteiger partial charge in [0.05, 0.1) is 39.5 Å². The van der Waals surface area contributed by atoms with E-state index in [0.29, 0.717) is 30.2 Å². The van der Waals surface area contributed by atoms with Gasteiger partial charge in [-0.3, -0.25) is 0 Å². The number of nitrogens with one attached hydrogen (secondary N) is 1. The molecule has 0 aromatic heterocycles. The van der Waals surface area contributed by atoms with Crippen LogP contribution in [0.4, 0.5) is 5.69 Å². The van der Waals surface area contributed by atoms with Crippen molar-refractivity contribution in [3.05, 3.63) is 12.1 Å². The molecule has 0 saturated carbocycles. The normalized spacial score (nSPS) is 9.29. The number of anilines is 1. The number of ether oxygens (including phenoxy) is 3. The molecule has 0 radical (unpaired) electrons. The predicted octanol–water partition coefficient (Wildman–Crippen LogP) is 2.04. The van der Waals surface area contributed by atoms with E-state index in [1.54, 1.807) is 33.5 Å². The monoisotopic (exact) mass is 236 g/mol. The quantitative estimate of drug-likeness (QED) is 0.766. The number of nitriles is 1. The van der Waals surface area contributed by atoms with Crippen molar-refractivity contribution in [2.24, 2.45) is 0 Å². The summed E-state index contributed by atoms with van der Waals surface area (Å²) in [5.41, 5.74) is 0.778. The van der Waals surface area contributed by atoms with Gasteiger partial charge in [-0.1, -0.05) is 0 Å². The second kappa shape index (κ2) is 6.48. The standard InChI is InChI=1S/C12H16N2O3/c1-15-10-8-12(17-3)11(16-2)7-9(10)14-6-4-5-13/h7-8,14H,4,6H2,1-3H3. The highest BCUT2D eigenvalue weighted by molar-refractivity contribution is 5.64. The minimum absolute atomic E-state index is 0.428. The number of hydrogen-bond donors (Lipinski definition) is 1. The third kappa shape index (κ3) is 3.18. The van der Waals surface area contributed by atoms with Crippen LogP contribution < -0.4 is 19.5 Å². The smallest absolute Gasteiger partial charge is 0.164 e. The Morgan fingerprint density at radius 3 is 2.18 bits per heavy atom. The summed E-state index contributed by atoms with van der Waals surface area (Å²) in [6.07, 6.45) is 0.428.